The van der Waals surface area contributed by atoms with Crippen molar-refractivity contribution < 1.29 is 4.79 Å². The van der Waals surface area contributed by atoms with Crippen LogP contribution in [0.1, 0.15) is 39.7 Å². The number of thiophene rings is 1. The van der Waals surface area contributed by atoms with E-state index < -0.39 is 0 Å². The monoisotopic (exact) mass is 314 g/mol. The molecule has 1 amide bonds. The molecule has 2 heterocycles. The maximum Gasteiger partial charge on any atom is 0.251 e. The van der Waals surface area contributed by atoms with E-state index in [9.17, 15) is 4.79 Å². The number of amides is 1. The molecular weight excluding hydrogens is 292 g/mol. The van der Waals surface area contributed by atoms with Crippen LogP contribution in [0, 0.1) is 6.92 Å². The fraction of sp³-hybridized carbons (Fsp3) is 0.389. The lowest BCUT2D eigenvalue weighted by atomic mass is 10.1. The lowest BCUT2D eigenvalue weighted by Gasteiger charge is -2.26. The van der Waals surface area contributed by atoms with Gasteiger partial charge in [0.05, 0.1) is 6.04 Å². The minimum Gasteiger partial charge on any atom is -0.350 e. The van der Waals surface area contributed by atoms with Crippen molar-refractivity contribution in [3.63, 3.8) is 0 Å². The molecule has 1 aromatic carbocycles. The van der Waals surface area contributed by atoms with E-state index in [4.69, 9.17) is 0 Å². The molecule has 1 aromatic heterocycles. The van der Waals surface area contributed by atoms with Gasteiger partial charge in [-0.05, 0) is 56.4 Å². The molecule has 0 bridgehead atoms. The first-order valence-electron chi connectivity index (χ1n) is 7.86. The summed E-state index contributed by atoms with van der Waals surface area (Å²) in [5.41, 5.74) is 1.90. The summed E-state index contributed by atoms with van der Waals surface area (Å²) in [4.78, 5) is 16.1. The van der Waals surface area contributed by atoms with E-state index in [1.165, 1.54) is 23.3 Å². The zero-order valence-corrected chi connectivity index (χ0v) is 13.7. The Kier molecular flexibility index (Phi) is 4.90. The zero-order chi connectivity index (χ0) is 15.4. The summed E-state index contributed by atoms with van der Waals surface area (Å²) in [5, 5.41) is 5.22. The third-order valence-corrected chi connectivity index (χ3v) is 5.20. The summed E-state index contributed by atoms with van der Waals surface area (Å²) in [5.74, 6) is 0.0146. The predicted molar refractivity (Wildman–Crippen MR) is 91.4 cm³/mol. The van der Waals surface area contributed by atoms with E-state index >= 15 is 0 Å². The third-order valence-electron chi connectivity index (χ3n) is 4.22. The SMILES string of the molecule is Cc1ccc(C(=O)NCC(c2cccs2)N2CCCC2)cc1. The number of carbonyl (C=O) groups excluding carboxylic acids is 1. The molecule has 1 saturated heterocycles. The molecule has 1 N–H and O–H groups in total. The Morgan fingerprint density at radius 2 is 1.95 bits per heavy atom. The van der Waals surface area contributed by atoms with E-state index in [2.05, 4.69) is 27.7 Å². The summed E-state index contributed by atoms with van der Waals surface area (Å²) in [6.07, 6.45) is 2.52. The quantitative estimate of drug-likeness (QED) is 0.914. The van der Waals surface area contributed by atoms with Crippen LogP contribution in [0.3, 0.4) is 0 Å². The van der Waals surface area contributed by atoms with Crippen LogP contribution in [0.5, 0.6) is 0 Å². The molecule has 0 radical (unpaired) electrons. The normalized spacial score (nSPS) is 16.6. The molecule has 0 aliphatic carbocycles. The number of benzene rings is 1. The van der Waals surface area contributed by atoms with Crippen molar-refractivity contribution in [3.05, 3.63) is 57.8 Å². The molecule has 1 fully saturated rings. The molecular formula is C18H22N2OS. The van der Waals surface area contributed by atoms with Crippen molar-refractivity contribution in [2.24, 2.45) is 0 Å². The average Bonchev–Trinajstić information content (AvgIpc) is 3.22. The van der Waals surface area contributed by atoms with Crippen molar-refractivity contribution in [2.75, 3.05) is 19.6 Å². The first-order valence-corrected chi connectivity index (χ1v) is 8.74. The number of rotatable bonds is 5. The van der Waals surface area contributed by atoms with Crippen molar-refractivity contribution in [1.29, 1.82) is 0 Å². The number of hydrogen-bond donors (Lipinski definition) is 1. The minimum atomic E-state index is 0.0146. The highest BCUT2D eigenvalue weighted by atomic mass is 32.1. The van der Waals surface area contributed by atoms with Gasteiger partial charge in [-0.1, -0.05) is 23.8 Å². The van der Waals surface area contributed by atoms with Crippen molar-refractivity contribution in [1.82, 2.24) is 10.2 Å². The fourth-order valence-electron chi connectivity index (χ4n) is 2.94. The van der Waals surface area contributed by atoms with Gasteiger partial charge in [0.2, 0.25) is 0 Å². The molecule has 1 unspecified atom stereocenters. The van der Waals surface area contributed by atoms with Gasteiger partial charge in [-0.2, -0.15) is 0 Å². The fourth-order valence-corrected chi connectivity index (χ4v) is 3.80. The molecule has 1 aliphatic rings. The van der Waals surface area contributed by atoms with Crippen LogP contribution in [-0.4, -0.2) is 30.4 Å². The van der Waals surface area contributed by atoms with Crippen LogP contribution in [0.2, 0.25) is 0 Å². The first kappa shape index (κ1) is 15.3. The van der Waals surface area contributed by atoms with Crippen LogP contribution in [-0.2, 0) is 0 Å². The molecule has 1 aliphatic heterocycles. The Balaban J connectivity index is 1.66. The van der Waals surface area contributed by atoms with E-state index in [0.29, 0.717) is 12.6 Å². The molecule has 0 saturated carbocycles. The second kappa shape index (κ2) is 7.07. The van der Waals surface area contributed by atoms with Gasteiger partial charge in [-0.15, -0.1) is 11.3 Å². The maximum absolute atomic E-state index is 12.3. The average molecular weight is 314 g/mol. The summed E-state index contributed by atoms with van der Waals surface area (Å²) >= 11 is 1.77. The van der Waals surface area contributed by atoms with Gasteiger partial charge in [0, 0.05) is 17.0 Å². The number of nitrogens with one attached hydrogen (secondary N) is 1. The maximum atomic E-state index is 12.3. The molecule has 22 heavy (non-hydrogen) atoms. The number of carbonyl (C=O) groups is 1. The summed E-state index contributed by atoms with van der Waals surface area (Å²) in [6, 6.07) is 12.3. The van der Waals surface area contributed by atoms with Crippen LogP contribution >= 0.6 is 11.3 Å². The predicted octanol–water partition coefficient (Wildman–Crippen LogP) is 3.62. The van der Waals surface area contributed by atoms with Crippen molar-refractivity contribution in [3.8, 4) is 0 Å². The Morgan fingerprint density at radius 3 is 2.59 bits per heavy atom. The molecule has 116 valence electrons. The molecule has 3 rings (SSSR count). The van der Waals surface area contributed by atoms with Crippen LogP contribution in [0.4, 0.5) is 0 Å². The van der Waals surface area contributed by atoms with Crippen molar-refractivity contribution >= 4 is 17.2 Å². The topological polar surface area (TPSA) is 32.3 Å². The van der Waals surface area contributed by atoms with Crippen LogP contribution in [0.15, 0.2) is 41.8 Å². The summed E-state index contributed by atoms with van der Waals surface area (Å²) in [6.45, 7) is 4.96. The minimum absolute atomic E-state index is 0.0146. The summed E-state index contributed by atoms with van der Waals surface area (Å²) < 4.78 is 0. The molecule has 2 aromatic rings. The van der Waals surface area contributed by atoms with Gasteiger partial charge in [0.1, 0.15) is 0 Å². The van der Waals surface area contributed by atoms with E-state index in [1.54, 1.807) is 11.3 Å². The van der Waals surface area contributed by atoms with Crippen LogP contribution < -0.4 is 5.32 Å². The Labute approximate surface area is 136 Å². The van der Waals surface area contributed by atoms with Gasteiger partial charge in [0.25, 0.3) is 5.91 Å². The largest absolute Gasteiger partial charge is 0.350 e. The molecule has 1 atom stereocenters. The second-order valence-electron chi connectivity index (χ2n) is 5.85. The van der Waals surface area contributed by atoms with Gasteiger partial charge in [0.15, 0.2) is 0 Å². The Morgan fingerprint density at radius 1 is 1.23 bits per heavy atom. The number of aryl methyl sites for hydroxylation is 1. The Bertz CT molecular complexity index is 601. The first-order chi connectivity index (χ1) is 10.7. The number of likely N-dealkylation sites (tertiary alicyclic amines) is 1. The van der Waals surface area contributed by atoms with E-state index in [-0.39, 0.29) is 5.91 Å². The van der Waals surface area contributed by atoms with Gasteiger partial charge >= 0.3 is 0 Å². The van der Waals surface area contributed by atoms with Gasteiger partial charge in [-0.25, -0.2) is 0 Å². The van der Waals surface area contributed by atoms with E-state index in [1.807, 2.05) is 31.2 Å². The molecule has 4 heteroatoms. The number of nitrogens with zero attached hydrogens (tertiary/aromatic N) is 1. The molecule has 0 spiro atoms. The lowest BCUT2D eigenvalue weighted by molar-refractivity contribution is 0.0938. The van der Waals surface area contributed by atoms with Crippen molar-refractivity contribution in [2.45, 2.75) is 25.8 Å². The zero-order valence-electron chi connectivity index (χ0n) is 12.9. The summed E-state index contributed by atoms with van der Waals surface area (Å²) in [7, 11) is 0. The highest BCUT2D eigenvalue weighted by Gasteiger charge is 2.24. The second-order valence-corrected chi connectivity index (χ2v) is 6.83. The van der Waals surface area contributed by atoms with E-state index in [0.717, 1.165) is 18.7 Å². The highest BCUT2D eigenvalue weighted by Crippen LogP contribution is 2.27. The smallest absolute Gasteiger partial charge is 0.251 e. The molecule has 3 nitrogen and oxygen atoms in total. The highest BCUT2D eigenvalue weighted by molar-refractivity contribution is 7.10. The standard InChI is InChI=1S/C18H22N2OS/c1-14-6-8-15(9-7-14)18(21)19-13-16(17-5-4-12-22-17)20-10-2-3-11-20/h4-9,12,16H,2-3,10-11,13H2,1H3,(H,19,21). The third kappa shape index (κ3) is 3.57. The lowest BCUT2D eigenvalue weighted by Crippen LogP contribution is -2.36. The van der Waals surface area contributed by atoms with Gasteiger partial charge < -0.3 is 5.32 Å². The van der Waals surface area contributed by atoms with Crippen LogP contribution in [0.25, 0.3) is 0 Å². The Hall–Kier alpha value is -1.65. The number of hydrogen-bond acceptors (Lipinski definition) is 3. The van der Waals surface area contributed by atoms with Gasteiger partial charge in [-0.3, -0.25) is 9.69 Å².